The van der Waals surface area contributed by atoms with Crippen molar-refractivity contribution in [3.05, 3.63) is 52.1 Å². The normalized spacial score (nSPS) is 11.0. The Morgan fingerprint density at radius 2 is 2.00 bits per heavy atom. The zero-order valence-corrected chi connectivity index (χ0v) is 12.4. The molecule has 0 aliphatic carbocycles. The maximum absolute atomic E-state index is 13.7. The SMILES string of the molecule is Cc1ccc(C(=O)OCc2c(C)nn(C(F)F)c2C)c(F)c1. The van der Waals surface area contributed by atoms with Gasteiger partial charge in [0.1, 0.15) is 12.4 Å². The zero-order chi connectivity index (χ0) is 16.4. The van der Waals surface area contributed by atoms with Crippen LogP contribution in [0.25, 0.3) is 0 Å². The summed E-state index contributed by atoms with van der Waals surface area (Å²) in [7, 11) is 0. The number of ether oxygens (including phenoxy) is 1. The van der Waals surface area contributed by atoms with Crippen molar-refractivity contribution < 1.29 is 22.7 Å². The Hall–Kier alpha value is -2.31. The molecule has 0 saturated heterocycles. The van der Waals surface area contributed by atoms with Crippen molar-refractivity contribution in [1.29, 1.82) is 0 Å². The van der Waals surface area contributed by atoms with Crippen LogP contribution < -0.4 is 0 Å². The zero-order valence-electron chi connectivity index (χ0n) is 12.4. The monoisotopic (exact) mass is 312 g/mol. The number of carbonyl (C=O) groups excluding carboxylic acids is 1. The molecular formula is C15H15F3N2O2. The lowest BCUT2D eigenvalue weighted by atomic mass is 10.1. The number of rotatable bonds is 4. The predicted octanol–water partition coefficient (Wildman–Crippen LogP) is 3.70. The molecule has 1 aromatic carbocycles. The maximum Gasteiger partial charge on any atom is 0.341 e. The summed E-state index contributed by atoms with van der Waals surface area (Å²) in [5.74, 6) is -1.53. The molecule has 1 heterocycles. The molecule has 0 N–H and O–H groups in total. The van der Waals surface area contributed by atoms with E-state index in [1.54, 1.807) is 19.9 Å². The van der Waals surface area contributed by atoms with E-state index in [0.29, 0.717) is 21.5 Å². The van der Waals surface area contributed by atoms with Gasteiger partial charge < -0.3 is 4.74 Å². The summed E-state index contributed by atoms with van der Waals surface area (Å²) in [6.45, 7) is 1.70. The van der Waals surface area contributed by atoms with Gasteiger partial charge in [-0.15, -0.1) is 0 Å². The minimum Gasteiger partial charge on any atom is -0.457 e. The van der Waals surface area contributed by atoms with Crippen LogP contribution in [0.4, 0.5) is 13.2 Å². The van der Waals surface area contributed by atoms with E-state index in [-0.39, 0.29) is 17.9 Å². The number of hydrogen-bond donors (Lipinski definition) is 0. The summed E-state index contributed by atoms with van der Waals surface area (Å²) in [6, 6.07) is 4.14. The van der Waals surface area contributed by atoms with Crippen LogP contribution in [0.3, 0.4) is 0 Å². The van der Waals surface area contributed by atoms with Gasteiger partial charge >= 0.3 is 12.5 Å². The minimum absolute atomic E-state index is 0.192. The third-order valence-electron chi connectivity index (χ3n) is 3.35. The number of aryl methyl sites for hydroxylation is 2. The second-order valence-electron chi connectivity index (χ2n) is 4.93. The first-order chi connectivity index (χ1) is 10.3. The first kappa shape index (κ1) is 16.1. The van der Waals surface area contributed by atoms with Gasteiger partial charge in [0.05, 0.1) is 11.3 Å². The highest BCUT2D eigenvalue weighted by Gasteiger charge is 2.19. The maximum atomic E-state index is 13.7. The predicted molar refractivity (Wildman–Crippen MR) is 73.2 cm³/mol. The molecule has 0 aliphatic heterocycles. The molecule has 0 saturated carbocycles. The standard InChI is InChI=1S/C15H15F3N2O2/c1-8-4-5-11(13(16)6-8)14(21)22-7-12-9(2)19-20(10(12)3)15(17)18/h4-6,15H,7H2,1-3H3. The number of alkyl halides is 2. The van der Waals surface area contributed by atoms with Crippen molar-refractivity contribution in [2.75, 3.05) is 0 Å². The third-order valence-corrected chi connectivity index (χ3v) is 3.35. The van der Waals surface area contributed by atoms with Gasteiger partial charge in [-0.25, -0.2) is 13.9 Å². The smallest absolute Gasteiger partial charge is 0.341 e. The molecule has 2 rings (SSSR count). The fraction of sp³-hybridized carbons (Fsp3) is 0.333. The third kappa shape index (κ3) is 3.13. The number of benzene rings is 1. The Labute approximate surface area is 125 Å². The number of halogens is 3. The van der Waals surface area contributed by atoms with E-state index < -0.39 is 18.3 Å². The average molecular weight is 312 g/mol. The van der Waals surface area contributed by atoms with E-state index in [1.807, 2.05) is 0 Å². The molecule has 1 aromatic heterocycles. The summed E-state index contributed by atoms with van der Waals surface area (Å²) in [5.41, 5.74) is 1.43. The second kappa shape index (κ2) is 6.21. The van der Waals surface area contributed by atoms with Gasteiger partial charge in [0, 0.05) is 11.3 Å². The number of hydrogen-bond acceptors (Lipinski definition) is 3. The van der Waals surface area contributed by atoms with Crippen molar-refractivity contribution in [1.82, 2.24) is 9.78 Å². The highest BCUT2D eigenvalue weighted by atomic mass is 19.3. The van der Waals surface area contributed by atoms with E-state index in [9.17, 15) is 18.0 Å². The molecule has 0 radical (unpaired) electrons. The van der Waals surface area contributed by atoms with Crippen LogP contribution in [0.5, 0.6) is 0 Å². The van der Waals surface area contributed by atoms with Crippen molar-refractivity contribution in [3.8, 4) is 0 Å². The molecule has 0 atom stereocenters. The topological polar surface area (TPSA) is 44.1 Å². The molecule has 0 spiro atoms. The lowest BCUT2D eigenvalue weighted by molar-refractivity contribution is 0.0461. The Morgan fingerprint density at radius 3 is 2.55 bits per heavy atom. The fourth-order valence-electron chi connectivity index (χ4n) is 2.10. The Kier molecular flexibility index (Phi) is 4.54. The molecule has 2 aromatic rings. The molecule has 0 amide bonds. The van der Waals surface area contributed by atoms with E-state index in [2.05, 4.69) is 5.10 Å². The van der Waals surface area contributed by atoms with Crippen LogP contribution in [0, 0.1) is 26.6 Å². The Balaban J connectivity index is 2.15. The minimum atomic E-state index is -2.77. The number of esters is 1. The van der Waals surface area contributed by atoms with Crippen molar-refractivity contribution >= 4 is 5.97 Å². The van der Waals surface area contributed by atoms with Crippen molar-refractivity contribution in [2.24, 2.45) is 0 Å². The molecule has 0 bridgehead atoms. The molecule has 0 unspecified atom stereocenters. The van der Waals surface area contributed by atoms with Gasteiger partial charge in [-0.3, -0.25) is 0 Å². The molecular weight excluding hydrogens is 297 g/mol. The van der Waals surface area contributed by atoms with Gasteiger partial charge in [0.2, 0.25) is 0 Å². The van der Waals surface area contributed by atoms with Gasteiger partial charge in [-0.2, -0.15) is 13.9 Å². The summed E-state index contributed by atoms with van der Waals surface area (Å²) in [5, 5.41) is 3.69. The molecule has 22 heavy (non-hydrogen) atoms. The Morgan fingerprint density at radius 1 is 1.32 bits per heavy atom. The summed E-state index contributed by atoms with van der Waals surface area (Å²) in [6.07, 6.45) is 0. The lowest BCUT2D eigenvalue weighted by Gasteiger charge is -2.07. The van der Waals surface area contributed by atoms with Crippen molar-refractivity contribution in [3.63, 3.8) is 0 Å². The van der Waals surface area contributed by atoms with E-state index in [1.165, 1.54) is 19.1 Å². The van der Waals surface area contributed by atoms with Crippen LogP contribution in [0.2, 0.25) is 0 Å². The van der Waals surface area contributed by atoms with E-state index in [0.717, 1.165) is 0 Å². The quantitative estimate of drug-likeness (QED) is 0.809. The van der Waals surface area contributed by atoms with E-state index >= 15 is 0 Å². The second-order valence-corrected chi connectivity index (χ2v) is 4.93. The number of aromatic nitrogens is 2. The average Bonchev–Trinajstić information content (AvgIpc) is 2.71. The van der Waals surface area contributed by atoms with Gasteiger partial charge in [0.25, 0.3) is 0 Å². The highest BCUT2D eigenvalue weighted by Crippen LogP contribution is 2.20. The molecule has 4 nitrogen and oxygen atoms in total. The highest BCUT2D eigenvalue weighted by molar-refractivity contribution is 5.89. The van der Waals surface area contributed by atoms with Gasteiger partial charge in [0.15, 0.2) is 0 Å². The van der Waals surface area contributed by atoms with Crippen LogP contribution in [0.15, 0.2) is 18.2 Å². The summed E-state index contributed by atoms with van der Waals surface area (Å²) >= 11 is 0. The van der Waals surface area contributed by atoms with Crippen LogP contribution in [-0.2, 0) is 11.3 Å². The van der Waals surface area contributed by atoms with Crippen LogP contribution in [0.1, 0.15) is 39.4 Å². The molecule has 0 fully saturated rings. The van der Waals surface area contributed by atoms with Gasteiger partial charge in [-0.1, -0.05) is 6.07 Å². The van der Waals surface area contributed by atoms with Crippen LogP contribution >= 0.6 is 0 Å². The van der Waals surface area contributed by atoms with Crippen LogP contribution in [-0.4, -0.2) is 15.7 Å². The molecule has 0 aliphatic rings. The lowest BCUT2D eigenvalue weighted by Crippen LogP contribution is -2.09. The first-order valence-electron chi connectivity index (χ1n) is 6.57. The molecule has 7 heteroatoms. The summed E-state index contributed by atoms with van der Waals surface area (Å²) in [4.78, 5) is 11.9. The number of nitrogens with zero attached hydrogens (tertiary/aromatic N) is 2. The number of carbonyl (C=O) groups is 1. The van der Waals surface area contributed by atoms with E-state index in [4.69, 9.17) is 4.74 Å². The first-order valence-corrected chi connectivity index (χ1v) is 6.57. The largest absolute Gasteiger partial charge is 0.457 e. The Bertz CT molecular complexity index is 711. The fourth-order valence-corrected chi connectivity index (χ4v) is 2.10. The summed E-state index contributed by atoms with van der Waals surface area (Å²) < 4.78 is 44.7. The van der Waals surface area contributed by atoms with Gasteiger partial charge in [-0.05, 0) is 38.5 Å². The van der Waals surface area contributed by atoms with Crippen molar-refractivity contribution in [2.45, 2.75) is 33.9 Å². The molecule has 118 valence electrons.